The van der Waals surface area contributed by atoms with E-state index in [1.807, 2.05) is 12.1 Å². The number of carbonyl (C=O) groups excluding carboxylic acids is 2. The third-order valence-corrected chi connectivity index (χ3v) is 5.84. The summed E-state index contributed by atoms with van der Waals surface area (Å²) in [7, 11) is 1.54. The predicted octanol–water partition coefficient (Wildman–Crippen LogP) is 3.27. The average molecular weight is 463 g/mol. The molecule has 3 rings (SSSR count). The molecule has 0 N–H and O–H groups in total. The smallest absolute Gasteiger partial charge is 0.266 e. The summed E-state index contributed by atoms with van der Waals surface area (Å²) in [6, 6.07) is 12.7. The van der Waals surface area contributed by atoms with Gasteiger partial charge in [-0.3, -0.25) is 9.69 Å². The van der Waals surface area contributed by atoms with Crippen molar-refractivity contribution in [1.82, 2.24) is 4.90 Å². The number of aliphatic carboxylic acids is 1. The standard InChI is InChI=1S/C21H18ClNO5S2/c1-27-17-10-14(4-7-16(17)28-12-13-2-5-15(22)6-3-13)11-18-20(26)23(21(29)30-18)9-8-19(24)25/h2-7,10-11H,8-9,12H2,1H3,(H,24,25)/p-1. The van der Waals surface area contributed by atoms with Gasteiger partial charge < -0.3 is 19.4 Å². The Balaban J connectivity index is 1.72. The molecule has 0 aromatic heterocycles. The van der Waals surface area contributed by atoms with Crippen LogP contribution < -0.4 is 14.6 Å². The molecule has 1 amide bonds. The van der Waals surface area contributed by atoms with E-state index in [0.29, 0.717) is 32.4 Å². The second kappa shape index (κ2) is 9.97. The normalized spacial score (nSPS) is 15.0. The number of rotatable bonds is 8. The summed E-state index contributed by atoms with van der Waals surface area (Å²) in [5, 5.41) is 11.3. The minimum absolute atomic E-state index is 0.00879. The van der Waals surface area contributed by atoms with E-state index >= 15 is 0 Å². The Morgan fingerprint density at radius 2 is 1.97 bits per heavy atom. The highest BCUT2D eigenvalue weighted by atomic mass is 35.5. The Labute approximate surface area is 188 Å². The molecule has 1 heterocycles. The van der Waals surface area contributed by atoms with Crippen LogP contribution in [-0.2, 0) is 16.2 Å². The van der Waals surface area contributed by atoms with Crippen molar-refractivity contribution in [3.8, 4) is 11.5 Å². The summed E-state index contributed by atoms with van der Waals surface area (Å²) in [6.07, 6.45) is 1.41. The molecule has 30 heavy (non-hydrogen) atoms. The Kier molecular flexibility index (Phi) is 7.36. The van der Waals surface area contributed by atoms with Gasteiger partial charge in [-0.2, -0.15) is 0 Å². The Hall–Kier alpha value is -2.55. The van der Waals surface area contributed by atoms with Crippen molar-refractivity contribution in [1.29, 1.82) is 0 Å². The summed E-state index contributed by atoms with van der Waals surface area (Å²) in [5.41, 5.74) is 1.69. The van der Waals surface area contributed by atoms with Gasteiger partial charge >= 0.3 is 0 Å². The van der Waals surface area contributed by atoms with Crippen LogP contribution in [-0.4, -0.2) is 34.8 Å². The SMILES string of the molecule is COc1cc(C=C2SC(=S)N(CCC(=O)[O-])C2=O)ccc1OCc1ccc(Cl)cc1. The van der Waals surface area contributed by atoms with Gasteiger partial charge in [-0.15, -0.1) is 0 Å². The molecule has 0 atom stereocenters. The lowest BCUT2D eigenvalue weighted by Gasteiger charge is -2.14. The van der Waals surface area contributed by atoms with E-state index in [2.05, 4.69) is 0 Å². The van der Waals surface area contributed by atoms with E-state index in [9.17, 15) is 14.7 Å². The van der Waals surface area contributed by atoms with E-state index in [0.717, 1.165) is 22.9 Å². The molecule has 0 spiro atoms. The van der Waals surface area contributed by atoms with Crippen LogP contribution in [0.2, 0.25) is 5.02 Å². The number of benzene rings is 2. The molecule has 0 aliphatic carbocycles. The second-order valence-corrected chi connectivity index (χ2v) is 8.39. The molecular weight excluding hydrogens is 446 g/mol. The van der Waals surface area contributed by atoms with Gasteiger partial charge in [0.25, 0.3) is 5.91 Å². The molecule has 1 aliphatic rings. The number of thioether (sulfide) groups is 1. The number of methoxy groups -OCH3 is 1. The fourth-order valence-corrected chi connectivity index (χ4v) is 4.12. The van der Waals surface area contributed by atoms with Crippen molar-refractivity contribution in [3.63, 3.8) is 0 Å². The number of nitrogens with zero attached hydrogens (tertiary/aromatic N) is 1. The van der Waals surface area contributed by atoms with E-state index in [4.69, 9.17) is 33.3 Å². The number of halogens is 1. The summed E-state index contributed by atoms with van der Waals surface area (Å²) in [4.78, 5) is 24.8. The van der Waals surface area contributed by atoms with Crippen molar-refractivity contribution in [2.75, 3.05) is 13.7 Å². The molecule has 0 bridgehead atoms. The topological polar surface area (TPSA) is 78.9 Å². The first-order chi connectivity index (χ1) is 14.4. The van der Waals surface area contributed by atoms with E-state index in [-0.39, 0.29) is 18.9 Å². The lowest BCUT2D eigenvalue weighted by Crippen LogP contribution is -2.33. The number of ether oxygens (including phenoxy) is 2. The summed E-state index contributed by atoms with van der Waals surface area (Å²) in [6.45, 7) is 0.342. The van der Waals surface area contributed by atoms with Crippen LogP contribution in [0.25, 0.3) is 6.08 Å². The molecular formula is C21H17ClNO5S2-. The average Bonchev–Trinajstić information content (AvgIpc) is 2.99. The number of hydrogen-bond acceptors (Lipinski definition) is 7. The van der Waals surface area contributed by atoms with Crippen LogP contribution in [0.15, 0.2) is 47.4 Å². The number of hydrogen-bond donors (Lipinski definition) is 0. The largest absolute Gasteiger partial charge is 0.550 e. The number of carboxylic acids is 1. The monoisotopic (exact) mass is 462 g/mol. The first-order valence-electron chi connectivity index (χ1n) is 8.88. The van der Waals surface area contributed by atoms with Gasteiger partial charge in [0, 0.05) is 24.0 Å². The second-order valence-electron chi connectivity index (χ2n) is 6.28. The first kappa shape index (κ1) is 22.1. The zero-order chi connectivity index (χ0) is 21.7. The highest BCUT2D eigenvalue weighted by molar-refractivity contribution is 8.26. The number of amides is 1. The van der Waals surface area contributed by atoms with E-state index in [1.54, 1.807) is 36.4 Å². The molecule has 0 radical (unpaired) electrons. The quantitative estimate of drug-likeness (QED) is 0.440. The van der Waals surface area contributed by atoms with Gasteiger partial charge in [-0.05, 0) is 41.5 Å². The Morgan fingerprint density at radius 3 is 2.63 bits per heavy atom. The molecule has 1 saturated heterocycles. The molecule has 2 aromatic carbocycles. The fraction of sp³-hybridized carbons (Fsp3) is 0.190. The first-order valence-corrected chi connectivity index (χ1v) is 10.5. The molecule has 1 fully saturated rings. The third kappa shape index (κ3) is 5.53. The maximum absolute atomic E-state index is 12.5. The zero-order valence-electron chi connectivity index (χ0n) is 15.9. The van der Waals surface area contributed by atoms with Gasteiger partial charge in [-0.1, -0.05) is 53.8 Å². The van der Waals surface area contributed by atoms with Crippen LogP contribution in [0, 0.1) is 0 Å². The molecule has 156 valence electrons. The summed E-state index contributed by atoms with van der Waals surface area (Å²) in [5.74, 6) is -0.475. The van der Waals surface area contributed by atoms with E-state index in [1.165, 1.54) is 12.0 Å². The van der Waals surface area contributed by atoms with E-state index < -0.39 is 5.97 Å². The zero-order valence-corrected chi connectivity index (χ0v) is 18.3. The summed E-state index contributed by atoms with van der Waals surface area (Å²) >= 11 is 12.2. The van der Waals surface area contributed by atoms with Gasteiger partial charge in [-0.25, -0.2) is 0 Å². The lowest BCUT2D eigenvalue weighted by molar-refractivity contribution is -0.305. The van der Waals surface area contributed by atoms with Gasteiger partial charge in [0.05, 0.1) is 12.0 Å². The third-order valence-electron chi connectivity index (χ3n) is 4.21. The fourth-order valence-electron chi connectivity index (χ4n) is 2.68. The minimum Gasteiger partial charge on any atom is -0.550 e. The van der Waals surface area contributed by atoms with Crippen LogP contribution in [0.4, 0.5) is 0 Å². The van der Waals surface area contributed by atoms with Crippen molar-refractivity contribution in [3.05, 3.63) is 63.5 Å². The van der Waals surface area contributed by atoms with Gasteiger partial charge in [0.1, 0.15) is 10.9 Å². The van der Waals surface area contributed by atoms with Crippen molar-refractivity contribution in [2.45, 2.75) is 13.0 Å². The molecule has 2 aromatic rings. The summed E-state index contributed by atoms with van der Waals surface area (Å²) < 4.78 is 11.6. The predicted molar refractivity (Wildman–Crippen MR) is 118 cm³/mol. The molecule has 0 unspecified atom stereocenters. The highest BCUT2D eigenvalue weighted by Crippen LogP contribution is 2.35. The van der Waals surface area contributed by atoms with Crippen LogP contribution in [0.3, 0.4) is 0 Å². The van der Waals surface area contributed by atoms with Crippen molar-refractivity contribution in [2.24, 2.45) is 0 Å². The maximum Gasteiger partial charge on any atom is 0.266 e. The number of thiocarbonyl (C=S) groups is 1. The van der Waals surface area contributed by atoms with Crippen LogP contribution in [0.1, 0.15) is 17.5 Å². The molecule has 1 aliphatic heterocycles. The number of carbonyl (C=O) groups is 2. The van der Waals surface area contributed by atoms with Crippen molar-refractivity contribution < 1.29 is 24.2 Å². The molecule has 0 saturated carbocycles. The Bertz CT molecular complexity index is 1010. The lowest BCUT2D eigenvalue weighted by atomic mass is 10.1. The van der Waals surface area contributed by atoms with Crippen molar-refractivity contribution >= 4 is 57.9 Å². The minimum atomic E-state index is -1.23. The van der Waals surface area contributed by atoms with Gasteiger partial charge in [0.15, 0.2) is 11.5 Å². The number of carboxylic acid groups (broad SMARTS) is 1. The molecule has 9 heteroatoms. The van der Waals surface area contributed by atoms with Gasteiger partial charge in [0.2, 0.25) is 0 Å². The van der Waals surface area contributed by atoms with Crippen LogP contribution in [0.5, 0.6) is 11.5 Å². The Morgan fingerprint density at radius 1 is 1.23 bits per heavy atom. The maximum atomic E-state index is 12.5. The van der Waals surface area contributed by atoms with Crippen LogP contribution >= 0.6 is 35.6 Å². The highest BCUT2D eigenvalue weighted by Gasteiger charge is 2.31. The molecule has 6 nitrogen and oxygen atoms in total.